The molecule has 0 saturated carbocycles. The Morgan fingerprint density at radius 1 is 0.871 bits per heavy atom. The van der Waals surface area contributed by atoms with Crippen LogP contribution in [0, 0.1) is 0 Å². The molecule has 1 aromatic rings. The number of unbranched alkanes of at least 4 members (excludes halogenated alkanes) is 12. The summed E-state index contributed by atoms with van der Waals surface area (Å²) < 4.78 is 0. The van der Waals surface area contributed by atoms with Crippen molar-refractivity contribution in [2.24, 2.45) is 0 Å². The minimum Gasteiger partial charge on any atom is -0.507 e. The first-order valence-electron chi connectivity index (χ1n) is 22.1. The van der Waals surface area contributed by atoms with Crippen LogP contribution in [0.15, 0.2) is 35.6 Å². The lowest BCUT2D eigenvalue weighted by atomic mass is 9.86. The molecule has 1 aliphatic carbocycles. The van der Waals surface area contributed by atoms with Gasteiger partial charge in [-0.05, 0) is 50.8 Å². The number of hydrogen-bond donors (Lipinski definition) is 9. The van der Waals surface area contributed by atoms with Crippen LogP contribution in [0.1, 0.15) is 141 Å². The second-order valence-electron chi connectivity index (χ2n) is 16.6. The maximum Gasteiger partial charge on any atom is 0.248 e. The molecule has 1 aliphatic heterocycles. The molecule has 6 amide bonds. The Hall–Kier alpha value is -5.00. The average Bonchev–Trinajstić information content (AvgIpc) is 3.23. The molecule has 2 aliphatic rings. The van der Waals surface area contributed by atoms with Crippen LogP contribution in [0.5, 0.6) is 5.75 Å². The molecule has 0 fully saturated rings. The van der Waals surface area contributed by atoms with Crippen LogP contribution in [0.2, 0.25) is 0 Å². The van der Waals surface area contributed by atoms with Gasteiger partial charge in [0, 0.05) is 37.2 Å². The van der Waals surface area contributed by atoms with Gasteiger partial charge in [0.15, 0.2) is 0 Å². The molecule has 62 heavy (non-hydrogen) atoms. The van der Waals surface area contributed by atoms with Gasteiger partial charge in [0.2, 0.25) is 41.2 Å². The summed E-state index contributed by atoms with van der Waals surface area (Å²) in [6.07, 6.45) is 17.2. The Bertz CT molecular complexity index is 1780. The summed E-state index contributed by atoms with van der Waals surface area (Å²) in [6.45, 7) is 2.91. The second kappa shape index (κ2) is 25.2. The van der Waals surface area contributed by atoms with Crippen LogP contribution >= 0.6 is 0 Å². The summed E-state index contributed by atoms with van der Waals surface area (Å²) in [7, 11) is 2.72. The molecule has 17 nitrogen and oxygen atoms in total. The number of aliphatic hydroxyl groups is 4. The van der Waals surface area contributed by atoms with Crippen molar-refractivity contribution in [3.8, 4) is 5.75 Å². The van der Waals surface area contributed by atoms with Crippen LogP contribution in [-0.2, 0) is 28.8 Å². The van der Waals surface area contributed by atoms with Crippen molar-refractivity contribution < 1.29 is 54.3 Å². The molecule has 4 atom stereocenters. The molecule has 0 radical (unpaired) electrons. The van der Waals surface area contributed by atoms with Crippen molar-refractivity contribution in [3.63, 3.8) is 0 Å². The van der Waals surface area contributed by atoms with Crippen molar-refractivity contribution in [3.05, 3.63) is 46.7 Å². The van der Waals surface area contributed by atoms with Gasteiger partial charge in [-0.2, -0.15) is 0 Å². The van der Waals surface area contributed by atoms with Gasteiger partial charge >= 0.3 is 0 Å². The molecular weight excluding hydrogens is 801 g/mol. The average molecular weight is 871 g/mol. The van der Waals surface area contributed by atoms with Crippen LogP contribution in [0.25, 0.3) is 5.57 Å². The van der Waals surface area contributed by atoms with E-state index in [1.807, 2.05) is 0 Å². The number of carbonyl (C=O) groups excluding carboxylic acids is 6. The Morgan fingerprint density at radius 3 is 2.06 bits per heavy atom. The Balaban J connectivity index is 1.58. The van der Waals surface area contributed by atoms with Crippen LogP contribution < -0.4 is 21.3 Å². The highest BCUT2D eigenvalue weighted by Crippen LogP contribution is 2.39. The SMILES string of the molecule is CCCCCCCCCCCCCCCC(=O)N(C)[C@H](CO)C(=O)N[C@H](C)C(=O)NCC(=O)N(C)[C@@H]1C(=O)N[C@@H](C)C(=O)NCC(O)(O)C2=C(O)C(=CCC2)c2cc1ccc2O. The van der Waals surface area contributed by atoms with Gasteiger partial charge < -0.3 is 56.6 Å². The highest BCUT2D eigenvalue weighted by Gasteiger charge is 2.38. The maximum absolute atomic E-state index is 13.8. The highest BCUT2D eigenvalue weighted by atomic mass is 16.5. The zero-order chi connectivity index (χ0) is 46.0. The van der Waals surface area contributed by atoms with Gasteiger partial charge in [-0.15, -0.1) is 0 Å². The predicted molar refractivity (Wildman–Crippen MR) is 233 cm³/mol. The number of β-amino-alcohol motifs (C(OH)–C–C–N with tert-alkyl or cyclic N) is 2. The van der Waals surface area contributed by atoms with Gasteiger partial charge in [0.05, 0.1) is 19.7 Å². The third-order valence-electron chi connectivity index (χ3n) is 11.7. The fourth-order valence-corrected chi connectivity index (χ4v) is 7.67. The van der Waals surface area contributed by atoms with Crippen molar-refractivity contribution >= 4 is 41.0 Å². The molecule has 9 N–H and O–H groups in total. The van der Waals surface area contributed by atoms with E-state index in [0.29, 0.717) is 6.42 Å². The third kappa shape index (κ3) is 14.8. The summed E-state index contributed by atoms with van der Waals surface area (Å²) >= 11 is 0. The van der Waals surface area contributed by atoms with E-state index < -0.39 is 84.9 Å². The van der Waals surface area contributed by atoms with E-state index in [-0.39, 0.29) is 53.2 Å². The number of fused-ring (bicyclic) bond motifs is 4. The Kier molecular flexibility index (Phi) is 20.9. The topological polar surface area (TPSA) is 258 Å². The molecule has 0 spiro atoms. The number of nitrogens with one attached hydrogen (secondary N) is 4. The van der Waals surface area contributed by atoms with Crippen molar-refractivity contribution in [2.45, 2.75) is 153 Å². The summed E-state index contributed by atoms with van der Waals surface area (Å²) in [6, 6.07) is -1.13. The highest BCUT2D eigenvalue weighted by molar-refractivity contribution is 5.96. The summed E-state index contributed by atoms with van der Waals surface area (Å²) in [5, 5.41) is 63.4. The number of amides is 6. The molecule has 1 heterocycles. The molecule has 17 heteroatoms. The van der Waals surface area contributed by atoms with E-state index in [9.17, 15) is 54.3 Å². The number of rotatable bonds is 22. The van der Waals surface area contributed by atoms with E-state index >= 15 is 0 Å². The van der Waals surface area contributed by atoms with Crippen LogP contribution in [0.3, 0.4) is 0 Å². The first kappa shape index (κ1) is 51.4. The third-order valence-corrected chi connectivity index (χ3v) is 11.7. The summed E-state index contributed by atoms with van der Waals surface area (Å²) in [5.41, 5.74) is 0.0315. The van der Waals surface area contributed by atoms with Gasteiger partial charge in [-0.3, -0.25) is 28.8 Å². The fraction of sp³-hybridized carbons (Fsp3) is 0.644. The zero-order valence-corrected chi connectivity index (χ0v) is 37.1. The number of benzene rings is 1. The fourth-order valence-electron chi connectivity index (χ4n) is 7.67. The lowest BCUT2D eigenvalue weighted by Crippen LogP contribution is -2.55. The number of phenolic OH excluding ortho intramolecular Hbond substituents is 1. The van der Waals surface area contributed by atoms with Crippen molar-refractivity contribution in [1.29, 1.82) is 0 Å². The zero-order valence-electron chi connectivity index (χ0n) is 37.1. The van der Waals surface area contributed by atoms with E-state index in [1.165, 1.54) is 109 Å². The number of hydrogen-bond acceptors (Lipinski definition) is 11. The van der Waals surface area contributed by atoms with Gasteiger partial charge in [0.25, 0.3) is 0 Å². The molecule has 4 bridgehead atoms. The van der Waals surface area contributed by atoms with Crippen molar-refractivity contribution in [2.75, 3.05) is 33.8 Å². The van der Waals surface area contributed by atoms with Gasteiger partial charge in [-0.1, -0.05) is 96.1 Å². The van der Waals surface area contributed by atoms with E-state index in [0.717, 1.165) is 24.2 Å². The summed E-state index contributed by atoms with van der Waals surface area (Å²) in [4.78, 5) is 81.7. The molecule has 0 unspecified atom stereocenters. The Morgan fingerprint density at radius 2 is 1.47 bits per heavy atom. The quantitative estimate of drug-likeness (QED) is 0.0604. The number of nitrogens with zero attached hydrogens (tertiary/aromatic N) is 2. The molecule has 0 aromatic heterocycles. The molecular formula is C45H70N6O11. The van der Waals surface area contributed by atoms with Gasteiger partial charge in [-0.25, -0.2) is 0 Å². The van der Waals surface area contributed by atoms with Gasteiger partial charge in [0.1, 0.15) is 35.7 Å². The van der Waals surface area contributed by atoms with E-state index in [4.69, 9.17) is 0 Å². The number of aliphatic hydroxyl groups excluding tert-OH is 2. The first-order chi connectivity index (χ1) is 29.4. The molecule has 0 saturated heterocycles. The minimum atomic E-state index is -2.65. The van der Waals surface area contributed by atoms with Crippen molar-refractivity contribution in [1.82, 2.24) is 31.1 Å². The molecule has 3 rings (SSSR count). The molecule has 1 aromatic carbocycles. The lowest BCUT2D eigenvalue weighted by molar-refractivity contribution is -0.143. The monoisotopic (exact) mass is 871 g/mol. The number of carbonyl (C=O) groups is 6. The van der Waals surface area contributed by atoms with Crippen LogP contribution in [-0.4, -0.2) is 128 Å². The normalized spacial score (nSPS) is 18.6. The lowest BCUT2D eigenvalue weighted by Gasteiger charge is -2.32. The first-order valence-corrected chi connectivity index (χ1v) is 22.1. The number of phenols is 1. The van der Waals surface area contributed by atoms with E-state index in [1.54, 1.807) is 6.08 Å². The minimum absolute atomic E-state index is 0.0341. The van der Waals surface area contributed by atoms with E-state index in [2.05, 4.69) is 28.2 Å². The number of aromatic hydroxyl groups is 1. The maximum atomic E-state index is 13.8. The number of allylic oxidation sites excluding steroid dienone is 2. The molecule has 346 valence electrons. The predicted octanol–water partition coefficient (Wildman–Crippen LogP) is 3.12. The summed E-state index contributed by atoms with van der Waals surface area (Å²) in [5.74, 6) is -7.71. The smallest absolute Gasteiger partial charge is 0.248 e. The second-order valence-corrected chi connectivity index (χ2v) is 16.6. The van der Waals surface area contributed by atoms with Crippen LogP contribution in [0.4, 0.5) is 0 Å². The Labute approximate surface area is 365 Å². The standard InChI is InChI=1S/C45H70N6O11/c1-6-7-8-9-10-11-12-13-14-15-16-17-18-22-37(54)50(4)35(27-52)43(59)48-29(2)41(57)46-26-38(55)51(5)39-31-23-24-36(53)33(25-31)32-20-19-21-34(40(32)56)45(61,62)28-47-42(58)30(3)49-44(39)60/h20,23-25,29-30,35,39,52-53,56,61-62H,6-19,21-22,26-28H2,1-5H3,(H,46,57)(H,47,58)(H,48,59)(H,49,60)/t29-,30+,35-,39+/m1/s1. The largest absolute Gasteiger partial charge is 0.507 e. The number of likely N-dealkylation sites (N-methyl/N-ethyl adjacent to an activating group) is 2.